The van der Waals surface area contributed by atoms with E-state index in [1.54, 1.807) is 0 Å². The second-order valence-corrected chi connectivity index (χ2v) is 6.44. The van der Waals surface area contributed by atoms with Gasteiger partial charge in [0.25, 0.3) is 0 Å². The number of hydrogen-bond acceptors (Lipinski definition) is 2. The fourth-order valence-electron chi connectivity index (χ4n) is 3.27. The molecule has 3 unspecified atom stereocenters. The van der Waals surface area contributed by atoms with E-state index in [4.69, 9.17) is 4.74 Å². The van der Waals surface area contributed by atoms with Gasteiger partial charge < -0.3 is 10.1 Å². The quantitative estimate of drug-likeness (QED) is 0.811. The summed E-state index contributed by atoms with van der Waals surface area (Å²) in [5.74, 6) is 2.44. The second kappa shape index (κ2) is 7.12. The van der Waals surface area contributed by atoms with Crippen molar-refractivity contribution in [1.29, 1.82) is 0 Å². The molecule has 1 heterocycles. The molecule has 20 heavy (non-hydrogen) atoms. The van der Waals surface area contributed by atoms with Crippen LogP contribution in [-0.4, -0.2) is 18.7 Å². The van der Waals surface area contributed by atoms with Gasteiger partial charge in [-0.15, -0.1) is 0 Å². The topological polar surface area (TPSA) is 21.3 Å². The molecule has 1 aliphatic rings. The number of fused-ring (bicyclic) bond motifs is 1. The molecule has 112 valence electrons. The zero-order valence-electron chi connectivity index (χ0n) is 13.4. The minimum atomic E-state index is 0.352. The Morgan fingerprint density at radius 2 is 2.00 bits per heavy atom. The molecule has 0 saturated carbocycles. The first kappa shape index (κ1) is 15.4. The van der Waals surface area contributed by atoms with Crippen LogP contribution in [0.15, 0.2) is 24.3 Å². The first-order chi connectivity index (χ1) is 9.61. The standard InChI is InChI=1S/C18H29NO/c1-5-10-19-14(4)17(13(2)3)12-16-11-15-8-6-7-9-18(15)20-16/h6-9,13-14,16-17,19H,5,10-12H2,1-4H3. The summed E-state index contributed by atoms with van der Waals surface area (Å²) >= 11 is 0. The van der Waals surface area contributed by atoms with Crippen LogP contribution in [0.3, 0.4) is 0 Å². The molecule has 1 aliphatic heterocycles. The summed E-state index contributed by atoms with van der Waals surface area (Å²) in [5.41, 5.74) is 1.37. The van der Waals surface area contributed by atoms with Gasteiger partial charge in [-0.25, -0.2) is 0 Å². The van der Waals surface area contributed by atoms with E-state index in [1.807, 2.05) is 0 Å². The fraction of sp³-hybridized carbons (Fsp3) is 0.667. The van der Waals surface area contributed by atoms with Gasteiger partial charge in [-0.3, -0.25) is 0 Å². The average Bonchev–Trinajstić information content (AvgIpc) is 2.84. The Morgan fingerprint density at radius 3 is 2.65 bits per heavy atom. The molecule has 2 nitrogen and oxygen atoms in total. The summed E-state index contributed by atoms with van der Waals surface area (Å²) in [6, 6.07) is 9.02. The van der Waals surface area contributed by atoms with Crippen LogP contribution in [0.25, 0.3) is 0 Å². The summed E-state index contributed by atoms with van der Waals surface area (Å²) < 4.78 is 6.11. The van der Waals surface area contributed by atoms with Gasteiger partial charge in [0, 0.05) is 12.5 Å². The van der Waals surface area contributed by atoms with E-state index < -0.39 is 0 Å². The highest BCUT2D eigenvalue weighted by Gasteiger charge is 2.29. The number of ether oxygens (including phenoxy) is 1. The first-order valence-corrected chi connectivity index (χ1v) is 8.09. The Bertz CT molecular complexity index is 391. The van der Waals surface area contributed by atoms with Gasteiger partial charge in [0.15, 0.2) is 0 Å². The lowest BCUT2D eigenvalue weighted by atomic mass is 9.83. The Kier molecular flexibility index (Phi) is 5.47. The lowest BCUT2D eigenvalue weighted by Gasteiger charge is -2.30. The molecule has 0 aromatic heterocycles. The first-order valence-electron chi connectivity index (χ1n) is 8.09. The van der Waals surface area contributed by atoms with Crippen molar-refractivity contribution in [2.24, 2.45) is 11.8 Å². The Balaban J connectivity index is 1.93. The molecule has 0 saturated heterocycles. The number of nitrogens with one attached hydrogen (secondary N) is 1. The van der Waals surface area contributed by atoms with E-state index in [9.17, 15) is 0 Å². The van der Waals surface area contributed by atoms with Crippen LogP contribution < -0.4 is 10.1 Å². The molecular weight excluding hydrogens is 246 g/mol. The molecule has 0 bridgehead atoms. The fourth-order valence-corrected chi connectivity index (χ4v) is 3.27. The molecule has 0 aliphatic carbocycles. The van der Waals surface area contributed by atoms with Crippen molar-refractivity contribution < 1.29 is 4.74 Å². The maximum Gasteiger partial charge on any atom is 0.123 e. The van der Waals surface area contributed by atoms with Crippen LogP contribution in [0.2, 0.25) is 0 Å². The maximum absolute atomic E-state index is 6.11. The van der Waals surface area contributed by atoms with Crippen molar-refractivity contribution in [1.82, 2.24) is 5.32 Å². The highest BCUT2D eigenvalue weighted by atomic mass is 16.5. The van der Waals surface area contributed by atoms with Crippen LogP contribution in [0.5, 0.6) is 5.75 Å². The molecule has 1 aromatic carbocycles. The van der Waals surface area contributed by atoms with Gasteiger partial charge in [-0.2, -0.15) is 0 Å². The Morgan fingerprint density at radius 1 is 1.25 bits per heavy atom. The third-order valence-electron chi connectivity index (χ3n) is 4.46. The third kappa shape index (κ3) is 3.76. The molecule has 3 atom stereocenters. The normalized spacial score (nSPS) is 20.6. The summed E-state index contributed by atoms with van der Waals surface area (Å²) in [6.07, 6.45) is 3.76. The van der Waals surface area contributed by atoms with Crippen molar-refractivity contribution in [3.05, 3.63) is 29.8 Å². The lowest BCUT2D eigenvalue weighted by molar-refractivity contribution is 0.154. The van der Waals surface area contributed by atoms with E-state index in [1.165, 1.54) is 12.0 Å². The molecule has 0 spiro atoms. The molecular formula is C18H29NO. The van der Waals surface area contributed by atoms with E-state index in [0.717, 1.165) is 25.1 Å². The number of para-hydroxylation sites is 1. The zero-order chi connectivity index (χ0) is 14.5. The minimum absolute atomic E-state index is 0.352. The summed E-state index contributed by atoms with van der Waals surface area (Å²) in [4.78, 5) is 0. The SMILES string of the molecule is CCCNC(C)C(CC1Cc2ccccc2O1)C(C)C. The number of benzene rings is 1. The van der Waals surface area contributed by atoms with Crippen molar-refractivity contribution in [2.45, 2.75) is 59.1 Å². The van der Waals surface area contributed by atoms with Gasteiger partial charge in [0.05, 0.1) is 0 Å². The number of hydrogen-bond donors (Lipinski definition) is 1. The van der Waals surface area contributed by atoms with Gasteiger partial charge in [-0.1, -0.05) is 39.0 Å². The molecule has 0 fully saturated rings. The summed E-state index contributed by atoms with van der Waals surface area (Å²) in [7, 11) is 0. The highest BCUT2D eigenvalue weighted by molar-refractivity contribution is 5.37. The van der Waals surface area contributed by atoms with Crippen LogP contribution >= 0.6 is 0 Å². The average molecular weight is 275 g/mol. The predicted molar refractivity (Wildman–Crippen MR) is 85.3 cm³/mol. The molecule has 1 N–H and O–H groups in total. The van der Waals surface area contributed by atoms with E-state index in [-0.39, 0.29) is 0 Å². The summed E-state index contributed by atoms with van der Waals surface area (Å²) in [5, 5.41) is 3.65. The van der Waals surface area contributed by atoms with Crippen LogP contribution in [0.1, 0.15) is 46.1 Å². The smallest absolute Gasteiger partial charge is 0.123 e. The molecule has 2 heteroatoms. The monoisotopic (exact) mass is 275 g/mol. The minimum Gasteiger partial charge on any atom is -0.490 e. The van der Waals surface area contributed by atoms with E-state index in [0.29, 0.717) is 24.0 Å². The van der Waals surface area contributed by atoms with Crippen molar-refractivity contribution in [3.8, 4) is 5.75 Å². The lowest BCUT2D eigenvalue weighted by Crippen LogP contribution is -2.39. The molecule has 1 aromatic rings. The van der Waals surface area contributed by atoms with Gasteiger partial charge in [-0.05, 0) is 49.8 Å². The Labute approximate surface area is 123 Å². The van der Waals surface area contributed by atoms with Crippen LogP contribution in [0.4, 0.5) is 0 Å². The second-order valence-electron chi connectivity index (χ2n) is 6.44. The molecule has 0 amide bonds. The van der Waals surface area contributed by atoms with Crippen molar-refractivity contribution in [3.63, 3.8) is 0 Å². The van der Waals surface area contributed by atoms with Gasteiger partial charge in [0.1, 0.15) is 11.9 Å². The van der Waals surface area contributed by atoms with E-state index in [2.05, 4.69) is 57.3 Å². The number of rotatable bonds is 7. The van der Waals surface area contributed by atoms with Crippen LogP contribution in [-0.2, 0) is 6.42 Å². The summed E-state index contributed by atoms with van der Waals surface area (Å²) in [6.45, 7) is 10.3. The Hall–Kier alpha value is -1.02. The largest absolute Gasteiger partial charge is 0.490 e. The van der Waals surface area contributed by atoms with Gasteiger partial charge >= 0.3 is 0 Å². The van der Waals surface area contributed by atoms with Crippen molar-refractivity contribution >= 4 is 0 Å². The third-order valence-corrected chi connectivity index (χ3v) is 4.46. The maximum atomic E-state index is 6.11. The zero-order valence-corrected chi connectivity index (χ0v) is 13.4. The van der Waals surface area contributed by atoms with Crippen LogP contribution in [0, 0.1) is 11.8 Å². The van der Waals surface area contributed by atoms with Gasteiger partial charge in [0.2, 0.25) is 0 Å². The van der Waals surface area contributed by atoms with E-state index >= 15 is 0 Å². The molecule has 0 radical (unpaired) electrons. The predicted octanol–water partition coefficient (Wildman–Crippen LogP) is 4.04. The molecule has 2 rings (SSSR count). The highest BCUT2D eigenvalue weighted by Crippen LogP contribution is 2.33. The van der Waals surface area contributed by atoms with Crippen molar-refractivity contribution in [2.75, 3.05) is 6.54 Å².